The third-order valence-electron chi connectivity index (χ3n) is 5.41. The number of hydrogen-bond donors (Lipinski definition) is 1. The highest BCUT2D eigenvalue weighted by Crippen LogP contribution is 2.20. The molecule has 7 heteroatoms. The molecule has 3 aromatic carbocycles. The van der Waals surface area contributed by atoms with Gasteiger partial charge in [0.05, 0.1) is 10.6 Å². The van der Waals surface area contributed by atoms with Gasteiger partial charge in [0.2, 0.25) is 0 Å². The number of nitrogens with zero attached hydrogens (tertiary/aromatic N) is 1. The number of carbonyl (C=O) groups is 1. The molecule has 5 nitrogen and oxygen atoms in total. The summed E-state index contributed by atoms with van der Waals surface area (Å²) in [4.78, 5) is 12.9. The number of aromatic nitrogens is 1. The lowest BCUT2D eigenvalue weighted by atomic mass is 10.1. The van der Waals surface area contributed by atoms with Crippen molar-refractivity contribution in [2.45, 2.75) is 24.9 Å². The van der Waals surface area contributed by atoms with E-state index in [2.05, 4.69) is 9.88 Å². The first kappa shape index (κ1) is 22.1. The molecule has 164 valence electrons. The van der Waals surface area contributed by atoms with Gasteiger partial charge in [-0.15, -0.1) is 0 Å². The fourth-order valence-corrected chi connectivity index (χ4v) is 4.54. The molecule has 0 fully saturated rings. The number of rotatable bonds is 7. The lowest BCUT2D eigenvalue weighted by Gasteiger charge is -2.08. The van der Waals surface area contributed by atoms with Crippen molar-refractivity contribution in [2.75, 3.05) is 5.75 Å². The van der Waals surface area contributed by atoms with Gasteiger partial charge in [-0.2, -0.15) is 0 Å². The van der Waals surface area contributed by atoms with Crippen LogP contribution >= 0.6 is 11.6 Å². The second-order valence-electron chi connectivity index (χ2n) is 7.57. The lowest BCUT2D eigenvalue weighted by molar-refractivity contribution is 0.0951. The van der Waals surface area contributed by atoms with E-state index in [0.29, 0.717) is 22.0 Å². The van der Waals surface area contributed by atoms with Crippen molar-refractivity contribution < 1.29 is 13.2 Å². The van der Waals surface area contributed by atoms with Crippen molar-refractivity contribution in [1.29, 1.82) is 0 Å². The van der Waals surface area contributed by atoms with Gasteiger partial charge in [-0.3, -0.25) is 4.79 Å². The Labute approximate surface area is 192 Å². The number of hydrogen-bond acceptors (Lipinski definition) is 3. The number of halogens is 1. The molecule has 4 aromatic rings. The van der Waals surface area contributed by atoms with Crippen LogP contribution in [0.5, 0.6) is 0 Å². The second-order valence-corrected chi connectivity index (χ2v) is 10.3. The van der Waals surface area contributed by atoms with E-state index in [1.165, 1.54) is 0 Å². The molecule has 0 aliphatic rings. The maximum atomic E-state index is 12.6. The highest BCUT2D eigenvalue weighted by Gasteiger charge is 2.12. The average molecular weight is 467 g/mol. The average Bonchev–Trinajstić information content (AvgIpc) is 3.21. The van der Waals surface area contributed by atoms with Crippen LogP contribution in [0.4, 0.5) is 0 Å². The highest BCUT2D eigenvalue weighted by molar-refractivity contribution is 7.91. The van der Waals surface area contributed by atoms with Gasteiger partial charge in [-0.25, -0.2) is 8.42 Å². The Morgan fingerprint density at radius 2 is 1.62 bits per heavy atom. The third-order valence-corrected chi connectivity index (χ3v) is 7.42. The van der Waals surface area contributed by atoms with E-state index in [1.54, 1.807) is 31.2 Å². The molecule has 32 heavy (non-hydrogen) atoms. The Morgan fingerprint density at radius 1 is 0.938 bits per heavy atom. The number of nitrogens with one attached hydrogen (secondary N) is 1. The summed E-state index contributed by atoms with van der Waals surface area (Å²) in [7, 11) is -3.23. The molecule has 1 N–H and O–H groups in total. The number of sulfone groups is 1. The van der Waals surface area contributed by atoms with Crippen molar-refractivity contribution in [1.82, 2.24) is 9.88 Å². The number of benzene rings is 3. The molecule has 0 bridgehead atoms. The zero-order valence-corrected chi connectivity index (χ0v) is 19.2. The smallest absolute Gasteiger partial charge is 0.251 e. The van der Waals surface area contributed by atoms with Crippen LogP contribution in [-0.2, 0) is 22.9 Å². The predicted octanol–water partition coefficient (Wildman–Crippen LogP) is 5.07. The topological polar surface area (TPSA) is 68.2 Å². The van der Waals surface area contributed by atoms with Crippen LogP contribution < -0.4 is 5.32 Å². The van der Waals surface area contributed by atoms with Gasteiger partial charge in [0.1, 0.15) is 0 Å². The van der Waals surface area contributed by atoms with E-state index in [-0.39, 0.29) is 11.7 Å². The summed E-state index contributed by atoms with van der Waals surface area (Å²) in [5.41, 5.74) is 3.60. The summed E-state index contributed by atoms with van der Waals surface area (Å²) >= 11 is 5.96. The molecule has 4 rings (SSSR count). The van der Waals surface area contributed by atoms with Gasteiger partial charge in [0.15, 0.2) is 9.84 Å². The SMILES string of the molecule is CCS(=O)(=O)c1ccc(CNC(=O)c2ccc3c(ccn3Cc3ccc(Cl)cc3)c2)cc1. The normalized spacial score (nSPS) is 11.6. The minimum Gasteiger partial charge on any atom is -0.348 e. The Kier molecular flexibility index (Phi) is 6.35. The Balaban J connectivity index is 1.43. The molecule has 0 atom stereocenters. The fourth-order valence-electron chi connectivity index (χ4n) is 3.53. The van der Waals surface area contributed by atoms with Crippen molar-refractivity contribution in [3.63, 3.8) is 0 Å². The van der Waals surface area contributed by atoms with Gasteiger partial charge >= 0.3 is 0 Å². The zero-order chi connectivity index (χ0) is 22.7. The molecule has 1 aromatic heterocycles. The Hall–Kier alpha value is -3.09. The molecule has 1 heterocycles. The first-order valence-electron chi connectivity index (χ1n) is 10.3. The summed E-state index contributed by atoms with van der Waals surface area (Å²) in [6.07, 6.45) is 2.01. The maximum absolute atomic E-state index is 12.6. The molecular weight excluding hydrogens is 444 g/mol. The largest absolute Gasteiger partial charge is 0.348 e. The number of fused-ring (bicyclic) bond motifs is 1. The van der Waals surface area contributed by atoms with Gasteiger partial charge < -0.3 is 9.88 Å². The van der Waals surface area contributed by atoms with E-state index in [9.17, 15) is 13.2 Å². The van der Waals surface area contributed by atoms with Crippen LogP contribution in [0.2, 0.25) is 5.02 Å². The first-order valence-corrected chi connectivity index (χ1v) is 12.3. The van der Waals surface area contributed by atoms with Gasteiger partial charge in [-0.05, 0) is 59.7 Å². The van der Waals surface area contributed by atoms with Crippen LogP contribution in [0, 0.1) is 0 Å². The van der Waals surface area contributed by atoms with E-state index in [0.717, 1.165) is 28.6 Å². The molecular formula is C25H23ClN2O3S. The minimum absolute atomic E-state index is 0.0625. The molecule has 0 aliphatic carbocycles. The van der Waals surface area contributed by atoms with E-state index < -0.39 is 9.84 Å². The molecule has 0 spiro atoms. The molecule has 0 radical (unpaired) electrons. The molecule has 1 amide bonds. The summed E-state index contributed by atoms with van der Waals surface area (Å²) in [6, 6.07) is 22.0. The standard InChI is InChI=1S/C25H23ClN2O3S/c1-2-32(30,31)23-10-5-18(6-11-23)16-27-25(29)21-7-12-24-20(15-21)13-14-28(24)17-19-3-8-22(26)9-4-19/h3-15H,2,16-17H2,1H3,(H,27,29). The maximum Gasteiger partial charge on any atom is 0.251 e. The molecule has 0 saturated carbocycles. The lowest BCUT2D eigenvalue weighted by Crippen LogP contribution is -2.22. The number of amides is 1. The molecule has 0 unspecified atom stereocenters. The second kappa shape index (κ2) is 9.18. The van der Waals surface area contributed by atoms with Crippen LogP contribution in [0.3, 0.4) is 0 Å². The van der Waals surface area contributed by atoms with Crippen LogP contribution in [0.25, 0.3) is 10.9 Å². The summed E-state index contributed by atoms with van der Waals surface area (Å²) in [5, 5.41) is 4.59. The van der Waals surface area contributed by atoms with Crippen LogP contribution in [-0.4, -0.2) is 24.6 Å². The first-order chi connectivity index (χ1) is 15.4. The van der Waals surface area contributed by atoms with E-state index >= 15 is 0 Å². The van der Waals surface area contributed by atoms with Crippen LogP contribution in [0.1, 0.15) is 28.4 Å². The minimum atomic E-state index is -3.23. The van der Waals surface area contributed by atoms with Gasteiger partial charge in [-0.1, -0.05) is 42.8 Å². The fraction of sp³-hybridized carbons (Fsp3) is 0.160. The molecule has 0 saturated heterocycles. The summed E-state index contributed by atoms with van der Waals surface area (Å²) in [5.74, 6) is -0.116. The zero-order valence-electron chi connectivity index (χ0n) is 17.6. The van der Waals surface area contributed by atoms with Gasteiger partial charge in [0.25, 0.3) is 5.91 Å². The van der Waals surface area contributed by atoms with Crippen LogP contribution in [0.15, 0.2) is 83.9 Å². The predicted molar refractivity (Wildman–Crippen MR) is 128 cm³/mol. The molecule has 0 aliphatic heterocycles. The van der Waals surface area contributed by atoms with Crippen molar-refractivity contribution in [3.05, 3.63) is 101 Å². The monoisotopic (exact) mass is 466 g/mol. The highest BCUT2D eigenvalue weighted by atomic mass is 35.5. The summed E-state index contributed by atoms with van der Waals surface area (Å²) < 4.78 is 26.0. The Bertz CT molecular complexity index is 1360. The third kappa shape index (κ3) is 4.87. The van der Waals surface area contributed by atoms with E-state index in [1.807, 2.05) is 54.7 Å². The van der Waals surface area contributed by atoms with Crippen molar-refractivity contribution in [2.24, 2.45) is 0 Å². The van der Waals surface area contributed by atoms with Crippen molar-refractivity contribution >= 4 is 38.2 Å². The van der Waals surface area contributed by atoms with E-state index in [4.69, 9.17) is 11.6 Å². The summed E-state index contributed by atoms with van der Waals surface area (Å²) in [6.45, 7) is 2.66. The quantitative estimate of drug-likeness (QED) is 0.413. The Morgan fingerprint density at radius 3 is 2.31 bits per heavy atom. The van der Waals surface area contributed by atoms with Gasteiger partial charge in [0, 0.05) is 40.8 Å². The number of carbonyl (C=O) groups excluding carboxylic acids is 1. The van der Waals surface area contributed by atoms with Crippen molar-refractivity contribution in [3.8, 4) is 0 Å².